The van der Waals surface area contributed by atoms with Crippen molar-refractivity contribution in [2.75, 3.05) is 25.0 Å². The van der Waals surface area contributed by atoms with E-state index in [1.165, 1.54) is 6.42 Å². The summed E-state index contributed by atoms with van der Waals surface area (Å²) >= 11 is 0. The van der Waals surface area contributed by atoms with Gasteiger partial charge in [-0.3, -0.25) is 14.4 Å². The van der Waals surface area contributed by atoms with Crippen LogP contribution in [0.15, 0.2) is 30.5 Å². The molecule has 3 aromatic rings. The smallest absolute Gasteiger partial charge is 0.238 e. The van der Waals surface area contributed by atoms with Crippen molar-refractivity contribution >= 4 is 22.6 Å². The standard InChI is InChI=1S/C20H26N6O/c1-14-18(11-21-25(14)2)24-20(27)13-26-9-5-6-15(12-26)10-19-22-16-7-3-4-8-17(16)23-19/h3-4,7-8,11,15H,5-6,9-10,12-13H2,1-2H3,(H,22,23)(H,24,27)/t15-/m1/s1. The number of carbonyl (C=O) groups is 1. The Balaban J connectivity index is 1.33. The third-order valence-corrected chi connectivity index (χ3v) is 5.40. The van der Waals surface area contributed by atoms with Gasteiger partial charge in [0, 0.05) is 20.0 Å². The Morgan fingerprint density at radius 3 is 3.00 bits per heavy atom. The van der Waals surface area contributed by atoms with Gasteiger partial charge in [0.05, 0.1) is 35.2 Å². The molecule has 7 heteroatoms. The minimum Gasteiger partial charge on any atom is -0.342 e. The molecular weight excluding hydrogens is 340 g/mol. The van der Waals surface area contributed by atoms with Gasteiger partial charge in [-0.1, -0.05) is 12.1 Å². The Kier molecular flexibility index (Phi) is 4.94. The molecule has 1 aromatic carbocycles. The molecule has 1 atom stereocenters. The molecule has 0 bridgehead atoms. The van der Waals surface area contributed by atoms with Crippen molar-refractivity contribution in [3.63, 3.8) is 0 Å². The van der Waals surface area contributed by atoms with Crippen LogP contribution in [0.1, 0.15) is 24.4 Å². The summed E-state index contributed by atoms with van der Waals surface area (Å²) in [5.74, 6) is 1.58. The topological polar surface area (TPSA) is 78.8 Å². The summed E-state index contributed by atoms with van der Waals surface area (Å²) in [5.41, 5.74) is 3.86. The lowest BCUT2D eigenvalue weighted by molar-refractivity contribution is -0.117. The second-order valence-corrected chi connectivity index (χ2v) is 7.46. The second kappa shape index (κ2) is 7.52. The normalized spacial score (nSPS) is 18.1. The van der Waals surface area contributed by atoms with Crippen LogP contribution < -0.4 is 5.32 Å². The summed E-state index contributed by atoms with van der Waals surface area (Å²) in [6, 6.07) is 8.13. The molecule has 2 N–H and O–H groups in total. The van der Waals surface area contributed by atoms with E-state index in [0.717, 1.165) is 54.2 Å². The molecule has 0 radical (unpaired) electrons. The van der Waals surface area contributed by atoms with Crippen molar-refractivity contribution in [1.82, 2.24) is 24.6 Å². The van der Waals surface area contributed by atoms with Crippen molar-refractivity contribution in [3.05, 3.63) is 42.0 Å². The van der Waals surface area contributed by atoms with Crippen LogP contribution in [0.5, 0.6) is 0 Å². The predicted molar refractivity (Wildman–Crippen MR) is 106 cm³/mol. The Labute approximate surface area is 158 Å². The number of piperidine rings is 1. The highest BCUT2D eigenvalue weighted by atomic mass is 16.2. The number of aryl methyl sites for hydroxylation is 1. The number of carbonyl (C=O) groups excluding carboxylic acids is 1. The molecule has 1 fully saturated rings. The maximum Gasteiger partial charge on any atom is 0.238 e. The fraction of sp³-hybridized carbons (Fsp3) is 0.450. The Morgan fingerprint density at radius 2 is 2.22 bits per heavy atom. The van der Waals surface area contributed by atoms with E-state index in [4.69, 9.17) is 4.98 Å². The molecule has 2 aromatic heterocycles. The van der Waals surface area contributed by atoms with Gasteiger partial charge in [0.1, 0.15) is 5.82 Å². The molecule has 3 heterocycles. The zero-order valence-corrected chi connectivity index (χ0v) is 15.9. The largest absolute Gasteiger partial charge is 0.342 e. The van der Waals surface area contributed by atoms with Crippen molar-refractivity contribution in [1.29, 1.82) is 0 Å². The van der Waals surface area contributed by atoms with Crippen LogP contribution in [0, 0.1) is 12.8 Å². The van der Waals surface area contributed by atoms with Gasteiger partial charge >= 0.3 is 0 Å². The molecule has 1 aliphatic rings. The van der Waals surface area contributed by atoms with Crippen LogP contribution >= 0.6 is 0 Å². The first kappa shape index (κ1) is 17.7. The van der Waals surface area contributed by atoms with E-state index in [1.54, 1.807) is 10.9 Å². The average Bonchev–Trinajstić information content (AvgIpc) is 3.19. The first-order valence-electron chi connectivity index (χ1n) is 9.53. The molecule has 1 aliphatic heterocycles. The summed E-state index contributed by atoms with van der Waals surface area (Å²) in [6.45, 7) is 4.27. The number of anilines is 1. The maximum atomic E-state index is 12.4. The number of H-pyrrole nitrogens is 1. The number of amides is 1. The van der Waals surface area contributed by atoms with Gasteiger partial charge in [0.2, 0.25) is 5.91 Å². The zero-order valence-electron chi connectivity index (χ0n) is 15.9. The molecule has 1 amide bonds. The van der Waals surface area contributed by atoms with E-state index in [0.29, 0.717) is 12.5 Å². The van der Waals surface area contributed by atoms with Gasteiger partial charge in [0.15, 0.2) is 0 Å². The van der Waals surface area contributed by atoms with Crippen molar-refractivity contribution < 1.29 is 4.79 Å². The Bertz CT molecular complexity index is 910. The van der Waals surface area contributed by atoms with Crippen LogP contribution in [0.2, 0.25) is 0 Å². The summed E-state index contributed by atoms with van der Waals surface area (Å²) < 4.78 is 1.76. The highest BCUT2D eigenvalue weighted by Crippen LogP contribution is 2.21. The molecule has 0 spiro atoms. The number of hydrogen-bond donors (Lipinski definition) is 2. The van der Waals surface area contributed by atoms with Gasteiger partial charge in [-0.2, -0.15) is 5.10 Å². The minimum absolute atomic E-state index is 0.0236. The van der Waals surface area contributed by atoms with Crippen LogP contribution in [-0.2, 0) is 18.3 Å². The predicted octanol–water partition coefficient (Wildman–Crippen LogP) is 2.50. The number of hydrogen-bond acceptors (Lipinski definition) is 4. The average molecular weight is 366 g/mol. The lowest BCUT2D eigenvalue weighted by Gasteiger charge is -2.31. The first-order chi connectivity index (χ1) is 13.1. The Morgan fingerprint density at radius 1 is 1.37 bits per heavy atom. The Hall–Kier alpha value is -2.67. The molecule has 0 aliphatic carbocycles. The molecule has 1 saturated heterocycles. The summed E-state index contributed by atoms with van der Waals surface area (Å²) in [6.07, 6.45) is 4.92. The summed E-state index contributed by atoms with van der Waals surface area (Å²) in [5, 5.41) is 7.15. The van der Waals surface area contributed by atoms with Crippen LogP contribution in [-0.4, -0.2) is 50.2 Å². The van der Waals surface area contributed by atoms with E-state index in [-0.39, 0.29) is 5.91 Å². The van der Waals surface area contributed by atoms with Crippen LogP contribution in [0.3, 0.4) is 0 Å². The number of aromatic nitrogens is 4. The molecular formula is C20H26N6O. The number of benzene rings is 1. The van der Waals surface area contributed by atoms with Gasteiger partial charge < -0.3 is 10.3 Å². The highest BCUT2D eigenvalue weighted by molar-refractivity contribution is 5.92. The molecule has 4 rings (SSSR count). The molecule has 0 unspecified atom stereocenters. The van der Waals surface area contributed by atoms with Gasteiger partial charge in [-0.05, 0) is 44.4 Å². The monoisotopic (exact) mass is 366 g/mol. The summed E-state index contributed by atoms with van der Waals surface area (Å²) in [4.78, 5) is 22.8. The second-order valence-electron chi connectivity index (χ2n) is 7.46. The number of likely N-dealkylation sites (tertiary alicyclic amines) is 1. The van der Waals surface area contributed by atoms with Gasteiger partial charge in [-0.25, -0.2) is 4.98 Å². The molecule has 0 saturated carbocycles. The van der Waals surface area contributed by atoms with E-state index in [2.05, 4.69) is 26.4 Å². The first-order valence-corrected chi connectivity index (χ1v) is 9.53. The van der Waals surface area contributed by atoms with Crippen molar-refractivity contribution in [2.45, 2.75) is 26.2 Å². The fourth-order valence-electron chi connectivity index (χ4n) is 3.85. The number of imidazole rings is 1. The number of rotatable bonds is 5. The van der Waals surface area contributed by atoms with E-state index >= 15 is 0 Å². The zero-order chi connectivity index (χ0) is 18.8. The quantitative estimate of drug-likeness (QED) is 0.727. The molecule has 142 valence electrons. The number of aromatic amines is 1. The highest BCUT2D eigenvalue weighted by Gasteiger charge is 2.23. The maximum absolute atomic E-state index is 12.4. The number of para-hydroxylation sites is 2. The lowest BCUT2D eigenvalue weighted by atomic mass is 9.94. The third kappa shape index (κ3) is 4.03. The minimum atomic E-state index is 0.0236. The van der Waals surface area contributed by atoms with E-state index in [1.807, 2.05) is 32.2 Å². The van der Waals surface area contributed by atoms with Crippen LogP contribution in [0.4, 0.5) is 5.69 Å². The van der Waals surface area contributed by atoms with Crippen LogP contribution in [0.25, 0.3) is 11.0 Å². The lowest BCUT2D eigenvalue weighted by Crippen LogP contribution is -2.41. The van der Waals surface area contributed by atoms with E-state index in [9.17, 15) is 4.79 Å². The van der Waals surface area contributed by atoms with Gasteiger partial charge in [0.25, 0.3) is 0 Å². The SMILES string of the molecule is Cc1c(NC(=O)CN2CCC[C@H](Cc3nc4ccccc4[nH]3)C2)cnn1C. The molecule has 27 heavy (non-hydrogen) atoms. The number of nitrogens with one attached hydrogen (secondary N) is 2. The summed E-state index contributed by atoms with van der Waals surface area (Å²) in [7, 11) is 1.87. The van der Waals surface area contributed by atoms with Crippen molar-refractivity contribution in [2.24, 2.45) is 13.0 Å². The fourth-order valence-corrected chi connectivity index (χ4v) is 3.85. The molecule has 7 nitrogen and oxygen atoms in total. The van der Waals surface area contributed by atoms with E-state index < -0.39 is 0 Å². The number of nitrogens with zero attached hydrogens (tertiary/aromatic N) is 4. The number of fused-ring (bicyclic) bond motifs is 1. The third-order valence-electron chi connectivity index (χ3n) is 5.40. The van der Waals surface area contributed by atoms with Gasteiger partial charge in [-0.15, -0.1) is 0 Å². The van der Waals surface area contributed by atoms with Crippen molar-refractivity contribution in [3.8, 4) is 0 Å².